The van der Waals surface area contributed by atoms with Gasteiger partial charge in [0.15, 0.2) is 0 Å². The summed E-state index contributed by atoms with van der Waals surface area (Å²) in [6.45, 7) is 0.140. The second-order valence-electron chi connectivity index (χ2n) is 5.31. The van der Waals surface area contributed by atoms with E-state index in [0.717, 1.165) is 5.56 Å². The van der Waals surface area contributed by atoms with Gasteiger partial charge in [-0.1, -0.05) is 0 Å². The lowest BCUT2D eigenvalue weighted by Gasteiger charge is -2.28. The molecule has 3 rings (SSSR count). The van der Waals surface area contributed by atoms with Crippen molar-refractivity contribution in [3.8, 4) is 0 Å². The van der Waals surface area contributed by atoms with E-state index in [4.69, 9.17) is 4.42 Å². The van der Waals surface area contributed by atoms with Gasteiger partial charge in [0, 0.05) is 24.2 Å². The second kappa shape index (κ2) is 6.15. The zero-order valence-electron chi connectivity index (χ0n) is 12.9. The molecule has 0 unspecified atom stereocenters. The van der Waals surface area contributed by atoms with Gasteiger partial charge in [-0.05, 0) is 30.2 Å². The van der Waals surface area contributed by atoms with Crippen LogP contribution in [0.25, 0.3) is 0 Å². The molecule has 0 saturated carbocycles. The monoisotopic (exact) mass is 330 g/mol. The minimum absolute atomic E-state index is 0.00553. The van der Waals surface area contributed by atoms with E-state index in [1.807, 2.05) is 0 Å². The number of carbonyl (C=O) groups excluding carboxylic acids is 2. The van der Waals surface area contributed by atoms with Gasteiger partial charge in [-0.3, -0.25) is 14.9 Å². The third-order valence-electron chi connectivity index (χ3n) is 3.84. The Balaban J connectivity index is 1.88. The number of amides is 1. The SMILES string of the molecule is COC(=O)c1ccc(CN2C(=O)CCc3cc([N+](=O)[O-])ccc32)o1. The van der Waals surface area contributed by atoms with Gasteiger partial charge in [0.05, 0.1) is 18.6 Å². The molecule has 8 heteroatoms. The summed E-state index contributed by atoms with van der Waals surface area (Å²) < 4.78 is 9.96. The standard InChI is InChI=1S/C16H14N2O6/c1-23-16(20)14-6-4-12(24-14)9-17-13-5-3-11(18(21)22)8-10(13)2-7-15(17)19/h3-6,8H,2,7,9H2,1H3. The molecule has 0 saturated heterocycles. The quantitative estimate of drug-likeness (QED) is 0.484. The highest BCUT2D eigenvalue weighted by Gasteiger charge is 2.27. The number of anilines is 1. The minimum atomic E-state index is -0.595. The van der Waals surface area contributed by atoms with Gasteiger partial charge in [-0.2, -0.15) is 0 Å². The number of rotatable bonds is 4. The van der Waals surface area contributed by atoms with Gasteiger partial charge in [-0.15, -0.1) is 0 Å². The number of hydrogen-bond donors (Lipinski definition) is 0. The fourth-order valence-corrected chi connectivity index (χ4v) is 2.66. The number of non-ortho nitro benzene ring substituents is 1. The fraction of sp³-hybridized carbons (Fsp3) is 0.250. The number of nitro groups is 1. The molecular weight excluding hydrogens is 316 g/mol. The van der Waals surface area contributed by atoms with Crippen LogP contribution in [0.5, 0.6) is 0 Å². The average Bonchev–Trinajstić information content (AvgIpc) is 3.05. The maximum absolute atomic E-state index is 12.2. The maximum Gasteiger partial charge on any atom is 0.373 e. The van der Waals surface area contributed by atoms with Crippen LogP contribution in [-0.2, 0) is 22.5 Å². The largest absolute Gasteiger partial charge is 0.463 e. The topological polar surface area (TPSA) is 103 Å². The molecule has 1 aliphatic heterocycles. The average molecular weight is 330 g/mol. The maximum atomic E-state index is 12.2. The molecule has 0 radical (unpaired) electrons. The van der Waals surface area contributed by atoms with Crippen molar-refractivity contribution in [3.05, 3.63) is 57.5 Å². The van der Waals surface area contributed by atoms with Crippen LogP contribution in [0.1, 0.15) is 28.3 Å². The predicted octanol–water partition coefficient (Wildman–Crippen LogP) is 2.45. The molecule has 0 bridgehead atoms. The van der Waals surface area contributed by atoms with E-state index in [-0.39, 0.29) is 30.3 Å². The number of carbonyl (C=O) groups is 2. The van der Waals surface area contributed by atoms with Crippen molar-refractivity contribution in [2.45, 2.75) is 19.4 Å². The Hall–Kier alpha value is -3.16. The second-order valence-corrected chi connectivity index (χ2v) is 5.31. The Morgan fingerprint density at radius 1 is 1.33 bits per heavy atom. The van der Waals surface area contributed by atoms with E-state index >= 15 is 0 Å². The van der Waals surface area contributed by atoms with Gasteiger partial charge < -0.3 is 14.1 Å². The first kappa shape index (κ1) is 15.7. The molecule has 2 aromatic rings. The fourth-order valence-electron chi connectivity index (χ4n) is 2.66. The van der Waals surface area contributed by atoms with Crippen LogP contribution in [0.15, 0.2) is 34.7 Å². The molecular formula is C16H14N2O6. The van der Waals surface area contributed by atoms with Crippen molar-refractivity contribution < 1.29 is 23.7 Å². The highest BCUT2D eigenvalue weighted by molar-refractivity contribution is 5.96. The van der Waals surface area contributed by atoms with Gasteiger partial charge in [0.25, 0.3) is 5.69 Å². The Labute approximate surface area is 136 Å². The number of furan rings is 1. The zero-order valence-corrected chi connectivity index (χ0v) is 12.9. The summed E-state index contributed by atoms with van der Waals surface area (Å²) >= 11 is 0. The van der Waals surface area contributed by atoms with Gasteiger partial charge in [0.2, 0.25) is 11.7 Å². The summed E-state index contributed by atoms with van der Waals surface area (Å²) in [6, 6.07) is 7.49. The summed E-state index contributed by atoms with van der Waals surface area (Å²) in [4.78, 5) is 35.6. The van der Waals surface area contributed by atoms with Gasteiger partial charge in [0.1, 0.15) is 5.76 Å². The normalized spacial score (nSPS) is 13.5. The van der Waals surface area contributed by atoms with Crippen LogP contribution >= 0.6 is 0 Å². The van der Waals surface area contributed by atoms with Crippen molar-refractivity contribution in [3.63, 3.8) is 0 Å². The van der Waals surface area contributed by atoms with E-state index in [1.54, 1.807) is 12.1 Å². The van der Waals surface area contributed by atoms with Crippen molar-refractivity contribution in [1.29, 1.82) is 0 Å². The number of methoxy groups -OCH3 is 1. The third kappa shape index (κ3) is 2.85. The first-order valence-corrected chi connectivity index (χ1v) is 7.24. The summed E-state index contributed by atoms with van der Waals surface area (Å²) in [5.74, 6) is -0.217. The summed E-state index contributed by atoms with van der Waals surface area (Å²) in [5, 5.41) is 10.9. The number of nitrogens with zero attached hydrogens (tertiary/aromatic N) is 2. The lowest BCUT2D eigenvalue weighted by molar-refractivity contribution is -0.384. The van der Waals surface area contributed by atoms with E-state index < -0.39 is 10.9 Å². The van der Waals surface area contributed by atoms with Gasteiger partial charge >= 0.3 is 5.97 Å². The molecule has 1 aromatic heterocycles. The molecule has 0 fully saturated rings. The molecule has 0 N–H and O–H groups in total. The molecule has 24 heavy (non-hydrogen) atoms. The molecule has 1 amide bonds. The Morgan fingerprint density at radius 2 is 2.12 bits per heavy atom. The van der Waals surface area contributed by atoms with Crippen LogP contribution < -0.4 is 4.90 Å². The Morgan fingerprint density at radius 3 is 2.83 bits per heavy atom. The van der Waals surface area contributed by atoms with E-state index in [0.29, 0.717) is 17.9 Å². The van der Waals surface area contributed by atoms with Crippen LogP contribution in [0, 0.1) is 10.1 Å². The molecule has 0 spiro atoms. The number of nitro benzene ring substituents is 1. The summed E-state index contributed by atoms with van der Waals surface area (Å²) in [6.07, 6.45) is 0.719. The summed E-state index contributed by atoms with van der Waals surface area (Å²) in [7, 11) is 1.25. The first-order chi connectivity index (χ1) is 11.5. The Kier molecular flexibility index (Phi) is 4.03. The van der Waals surface area contributed by atoms with E-state index in [9.17, 15) is 19.7 Å². The number of benzene rings is 1. The lowest BCUT2D eigenvalue weighted by Crippen LogP contribution is -2.34. The van der Waals surface area contributed by atoms with Gasteiger partial charge in [-0.25, -0.2) is 4.79 Å². The van der Waals surface area contributed by atoms with Crippen molar-refractivity contribution in [2.24, 2.45) is 0 Å². The lowest BCUT2D eigenvalue weighted by atomic mass is 10.0. The van der Waals surface area contributed by atoms with Crippen molar-refractivity contribution in [1.82, 2.24) is 0 Å². The predicted molar refractivity (Wildman–Crippen MR) is 82.7 cm³/mol. The molecule has 0 atom stereocenters. The van der Waals surface area contributed by atoms with Crippen LogP contribution in [0.4, 0.5) is 11.4 Å². The van der Waals surface area contributed by atoms with Crippen LogP contribution in [0.3, 0.4) is 0 Å². The number of ether oxygens (including phenoxy) is 1. The molecule has 0 aliphatic carbocycles. The molecule has 124 valence electrons. The third-order valence-corrected chi connectivity index (χ3v) is 3.84. The number of hydrogen-bond acceptors (Lipinski definition) is 6. The first-order valence-electron chi connectivity index (χ1n) is 7.24. The number of esters is 1. The zero-order chi connectivity index (χ0) is 17.3. The molecule has 1 aromatic carbocycles. The van der Waals surface area contributed by atoms with Crippen molar-refractivity contribution >= 4 is 23.3 Å². The van der Waals surface area contributed by atoms with Crippen LogP contribution in [0.2, 0.25) is 0 Å². The molecule has 2 heterocycles. The van der Waals surface area contributed by atoms with E-state index in [2.05, 4.69) is 4.74 Å². The number of aryl methyl sites for hydroxylation is 1. The van der Waals surface area contributed by atoms with Crippen LogP contribution in [-0.4, -0.2) is 23.9 Å². The summed E-state index contributed by atoms with van der Waals surface area (Å²) in [5.41, 5.74) is 1.35. The van der Waals surface area contributed by atoms with Crippen molar-refractivity contribution in [2.75, 3.05) is 12.0 Å². The highest BCUT2D eigenvalue weighted by Crippen LogP contribution is 2.32. The number of fused-ring (bicyclic) bond motifs is 1. The van der Waals surface area contributed by atoms with E-state index in [1.165, 1.54) is 30.2 Å². The Bertz CT molecular complexity index is 826. The smallest absolute Gasteiger partial charge is 0.373 e. The molecule has 8 nitrogen and oxygen atoms in total. The molecule has 1 aliphatic rings. The highest BCUT2D eigenvalue weighted by atomic mass is 16.6. The minimum Gasteiger partial charge on any atom is -0.463 e.